The van der Waals surface area contributed by atoms with Crippen LogP contribution < -0.4 is 5.32 Å². The molecule has 3 nitrogen and oxygen atoms in total. The molecule has 1 aromatic carbocycles. The Morgan fingerprint density at radius 2 is 2.05 bits per heavy atom. The highest BCUT2D eigenvalue weighted by Gasteiger charge is 2.17. The summed E-state index contributed by atoms with van der Waals surface area (Å²) < 4.78 is 0. The van der Waals surface area contributed by atoms with E-state index in [0.717, 1.165) is 29.9 Å². The van der Waals surface area contributed by atoms with E-state index in [1.165, 1.54) is 17.7 Å². The first kappa shape index (κ1) is 14.6. The van der Waals surface area contributed by atoms with E-state index in [4.69, 9.17) is 0 Å². The lowest BCUT2D eigenvalue weighted by Gasteiger charge is -2.12. The number of hydrogen-bond acceptors (Lipinski definition) is 4. The van der Waals surface area contributed by atoms with Crippen LogP contribution >= 0.6 is 23.1 Å². The fourth-order valence-corrected chi connectivity index (χ4v) is 3.97. The number of aromatic nitrogens is 1. The summed E-state index contributed by atoms with van der Waals surface area (Å²) >= 11 is 3.36. The Bertz CT molecular complexity index is 575. The van der Waals surface area contributed by atoms with Gasteiger partial charge in [0.2, 0.25) is 0 Å². The predicted molar refractivity (Wildman–Crippen MR) is 87.8 cm³/mol. The van der Waals surface area contributed by atoms with Crippen molar-refractivity contribution in [2.75, 3.05) is 0 Å². The van der Waals surface area contributed by atoms with Gasteiger partial charge in [0.25, 0.3) is 5.91 Å². The highest BCUT2D eigenvalue weighted by atomic mass is 32.2. The van der Waals surface area contributed by atoms with E-state index in [2.05, 4.69) is 15.7 Å². The van der Waals surface area contributed by atoms with Crippen LogP contribution in [-0.4, -0.2) is 16.9 Å². The smallest absolute Gasteiger partial charge is 0.251 e. The molecule has 0 bridgehead atoms. The van der Waals surface area contributed by atoms with E-state index in [-0.39, 0.29) is 5.91 Å². The Balaban J connectivity index is 1.54. The summed E-state index contributed by atoms with van der Waals surface area (Å²) in [5.74, 6) is 0.926. The number of thioether (sulfide) groups is 1. The molecular weight excluding hydrogens is 300 g/mol. The predicted octanol–water partition coefficient (Wildman–Crippen LogP) is 4.11. The molecule has 2 aromatic rings. The van der Waals surface area contributed by atoms with Gasteiger partial charge in [0.1, 0.15) is 0 Å². The number of hydrogen-bond donors (Lipinski definition) is 1. The molecule has 1 aromatic heterocycles. The second-order valence-corrected chi connectivity index (χ2v) is 7.02. The Morgan fingerprint density at radius 3 is 2.71 bits per heavy atom. The van der Waals surface area contributed by atoms with E-state index >= 15 is 0 Å². The van der Waals surface area contributed by atoms with Gasteiger partial charge in [-0.25, -0.2) is 4.98 Å². The van der Waals surface area contributed by atoms with E-state index in [9.17, 15) is 4.79 Å². The number of amides is 1. The van der Waals surface area contributed by atoms with Crippen LogP contribution in [0.15, 0.2) is 40.1 Å². The van der Waals surface area contributed by atoms with Gasteiger partial charge in [0.05, 0.1) is 11.2 Å². The van der Waals surface area contributed by atoms with Crippen LogP contribution in [0.4, 0.5) is 0 Å². The highest BCUT2D eigenvalue weighted by Crippen LogP contribution is 2.23. The monoisotopic (exact) mass is 318 g/mol. The maximum absolute atomic E-state index is 12.1. The van der Waals surface area contributed by atoms with E-state index < -0.39 is 0 Å². The first-order valence-corrected chi connectivity index (χ1v) is 9.15. The number of rotatable bonds is 5. The molecule has 0 unspecified atom stereocenters. The lowest BCUT2D eigenvalue weighted by atomic mass is 10.2. The molecule has 0 spiro atoms. The molecule has 1 heterocycles. The molecule has 1 amide bonds. The Labute approximate surface area is 133 Å². The molecule has 0 aliphatic heterocycles. The van der Waals surface area contributed by atoms with Crippen LogP contribution in [0.1, 0.15) is 41.7 Å². The second-order valence-electron chi connectivity index (χ2n) is 5.25. The zero-order valence-corrected chi connectivity index (χ0v) is 13.4. The van der Waals surface area contributed by atoms with Gasteiger partial charge in [0.15, 0.2) is 0 Å². The maximum atomic E-state index is 12.1. The first-order valence-electron chi connectivity index (χ1n) is 7.22. The van der Waals surface area contributed by atoms with E-state index in [1.807, 2.05) is 29.8 Å². The zero-order chi connectivity index (χ0) is 14.5. The average molecular weight is 318 g/mol. The normalized spacial score (nSPS) is 15.2. The third-order valence-corrected chi connectivity index (χ3v) is 5.36. The van der Waals surface area contributed by atoms with E-state index in [1.54, 1.807) is 23.1 Å². The summed E-state index contributed by atoms with van der Waals surface area (Å²) in [6.07, 6.45) is 4.70. The topological polar surface area (TPSA) is 42.0 Å². The standard InChI is InChI=1S/C16H18N2OS2/c19-16(18-13-3-1-2-4-13)12-5-7-15(8-6-12)21-10-14-9-20-11-17-14/h5-9,11,13H,1-4,10H2,(H,18,19). The largest absolute Gasteiger partial charge is 0.349 e. The lowest BCUT2D eigenvalue weighted by molar-refractivity contribution is 0.0938. The van der Waals surface area contributed by atoms with Crippen molar-refractivity contribution in [3.63, 3.8) is 0 Å². The highest BCUT2D eigenvalue weighted by molar-refractivity contribution is 7.98. The van der Waals surface area contributed by atoms with Crippen molar-refractivity contribution in [3.05, 3.63) is 46.4 Å². The van der Waals surface area contributed by atoms with Gasteiger partial charge in [-0.2, -0.15) is 0 Å². The van der Waals surface area contributed by atoms with Crippen molar-refractivity contribution in [2.45, 2.75) is 42.4 Å². The molecule has 1 N–H and O–H groups in total. The van der Waals surface area contributed by atoms with Gasteiger partial charge in [-0.15, -0.1) is 23.1 Å². The van der Waals surface area contributed by atoms with Crippen molar-refractivity contribution in [1.82, 2.24) is 10.3 Å². The lowest BCUT2D eigenvalue weighted by Crippen LogP contribution is -2.32. The average Bonchev–Trinajstić information content (AvgIpc) is 3.19. The van der Waals surface area contributed by atoms with Gasteiger partial charge < -0.3 is 5.32 Å². The Morgan fingerprint density at radius 1 is 1.29 bits per heavy atom. The van der Waals surface area contributed by atoms with Gasteiger partial charge in [0, 0.05) is 27.6 Å². The van der Waals surface area contributed by atoms with Crippen LogP contribution in [0.25, 0.3) is 0 Å². The molecular formula is C16H18N2OS2. The molecule has 5 heteroatoms. The summed E-state index contributed by atoms with van der Waals surface area (Å²) in [7, 11) is 0. The van der Waals surface area contributed by atoms with Gasteiger partial charge in [-0.05, 0) is 37.1 Å². The van der Waals surface area contributed by atoms with E-state index in [0.29, 0.717) is 6.04 Å². The fourth-order valence-electron chi connectivity index (χ4n) is 2.51. The number of carbonyl (C=O) groups is 1. The third-order valence-electron chi connectivity index (χ3n) is 3.68. The van der Waals surface area contributed by atoms with Crippen LogP contribution in [0.3, 0.4) is 0 Å². The zero-order valence-electron chi connectivity index (χ0n) is 11.7. The van der Waals surface area contributed by atoms with Crippen LogP contribution in [0.2, 0.25) is 0 Å². The molecule has 0 saturated heterocycles. The summed E-state index contributed by atoms with van der Waals surface area (Å²) in [4.78, 5) is 17.6. The molecule has 0 radical (unpaired) electrons. The van der Waals surface area contributed by atoms with Crippen LogP contribution in [0.5, 0.6) is 0 Å². The van der Waals surface area contributed by atoms with Gasteiger partial charge in [-0.1, -0.05) is 12.8 Å². The molecule has 0 atom stereocenters. The van der Waals surface area contributed by atoms with Crippen LogP contribution in [-0.2, 0) is 5.75 Å². The minimum absolute atomic E-state index is 0.0537. The van der Waals surface area contributed by atoms with Gasteiger partial charge >= 0.3 is 0 Å². The molecule has 1 saturated carbocycles. The minimum atomic E-state index is 0.0537. The number of nitrogens with one attached hydrogen (secondary N) is 1. The molecule has 110 valence electrons. The number of thiazole rings is 1. The van der Waals surface area contributed by atoms with Crippen molar-refractivity contribution in [2.24, 2.45) is 0 Å². The second kappa shape index (κ2) is 7.09. The first-order chi connectivity index (χ1) is 10.3. The molecule has 21 heavy (non-hydrogen) atoms. The third kappa shape index (κ3) is 4.08. The summed E-state index contributed by atoms with van der Waals surface area (Å²) in [5, 5.41) is 5.18. The summed E-state index contributed by atoms with van der Waals surface area (Å²) in [6.45, 7) is 0. The fraction of sp³-hybridized carbons (Fsp3) is 0.375. The van der Waals surface area contributed by atoms with Crippen molar-refractivity contribution >= 4 is 29.0 Å². The van der Waals surface area contributed by atoms with Crippen molar-refractivity contribution in [1.29, 1.82) is 0 Å². The number of benzene rings is 1. The Hall–Kier alpha value is -1.33. The van der Waals surface area contributed by atoms with Crippen LogP contribution in [0, 0.1) is 0 Å². The molecule has 3 rings (SSSR count). The summed E-state index contributed by atoms with van der Waals surface area (Å²) in [5.41, 5.74) is 3.71. The molecule has 1 aliphatic rings. The molecule has 1 aliphatic carbocycles. The minimum Gasteiger partial charge on any atom is -0.349 e. The van der Waals surface area contributed by atoms with Crippen molar-refractivity contribution < 1.29 is 4.79 Å². The number of nitrogens with zero attached hydrogens (tertiary/aromatic N) is 1. The Kier molecular flexibility index (Phi) is 4.93. The molecule has 1 fully saturated rings. The number of carbonyl (C=O) groups excluding carboxylic acids is 1. The quantitative estimate of drug-likeness (QED) is 0.844. The SMILES string of the molecule is O=C(NC1CCCC1)c1ccc(SCc2cscn2)cc1. The summed E-state index contributed by atoms with van der Waals surface area (Å²) in [6, 6.07) is 8.22. The van der Waals surface area contributed by atoms with Gasteiger partial charge in [-0.3, -0.25) is 4.79 Å². The maximum Gasteiger partial charge on any atom is 0.251 e. The van der Waals surface area contributed by atoms with Crippen molar-refractivity contribution in [3.8, 4) is 0 Å².